The maximum absolute atomic E-state index is 5.80. The van der Waals surface area contributed by atoms with E-state index in [2.05, 4.69) is 20.1 Å². The quantitative estimate of drug-likeness (QED) is 0.756. The van der Waals surface area contributed by atoms with Crippen LogP contribution in [-0.4, -0.2) is 40.3 Å². The second-order valence-electron chi connectivity index (χ2n) is 6.49. The Morgan fingerprint density at radius 1 is 1.17 bits per heavy atom. The van der Waals surface area contributed by atoms with Crippen LogP contribution >= 0.6 is 24.2 Å². The molecule has 7 heteroatoms. The fourth-order valence-corrected chi connectivity index (χ4v) is 4.59. The molecule has 0 bridgehead atoms. The number of hydrogen-bond donors (Lipinski definition) is 1. The van der Waals surface area contributed by atoms with Crippen molar-refractivity contribution in [3.63, 3.8) is 0 Å². The number of rotatable bonds is 7. The number of ether oxygens (including phenoxy) is 1. The summed E-state index contributed by atoms with van der Waals surface area (Å²) in [6.07, 6.45) is 9.66. The van der Waals surface area contributed by atoms with Gasteiger partial charge in [-0.1, -0.05) is 31.0 Å². The molecule has 1 aromatic heterocycles. The molecule has 1 aliphatic carbocycles. The van der Waals surface area contributed by atoms with Crippen molar-refractivity contribution in [1.29, 1.82) is 0 Å². The fourth-order valence-electron chi connectivity index (χ4n) is 3.44. The first-order valence-electron chi connectivity index (χ1n) is 8.68. The van der Waals surface area contributed by atoms with Crippen LogP contribution in [0.1, 0.15) is 50.8 Å². The van der Waals surface area contributed by atoms with E-state index in [1.807, 2.05) is 18.8 Å². The molecule has 132 valence electrons. The van der Waals surface area contributed by atoms with E-state index in [9.17, 15) is 0 Å². The van der Waals surface area contributed by atoms with Gasteiger partial charge < -0.3 is 14.6 Å². The molecule has 3 rings (SSSR count). The average Bonchev–Trinajstić information content (AvgIpc) is 3.19. The van der Waals surface area contributed by atoms with Gasteiger partial charge in [-0.2, -0.15) is 0 Å². The van der Waals surface area contributed by atoms with Gasteiger partial charge >= 0.3 is 0 Å². The summed E-state index contributed by atoms with van der Waals surface area (Å²) in [7, 11) is 1.96. The van der Waals surface area contributed by atoms with E-state index in [1.165, 1.54) is 44.3 Å². The Morgan fingerprint density at radius 3 is 2.70 bits per heavy atom. The van der Waals surface area contributed by atoms with Gasteiger partial charge in [0, 0.05) is 12.4 Å². The van der Waals surface area contributed by atoms with Crippen LogP contribution < -0.4 is 5.32 Å². The lowest BCUT2D eigenvalue weighted by Gasteiger charge is -2.21. The molecular weight excluding hydrogens is 332 g/mol. The van der Waals surface area contributed by atoms with E-state index < -0.39 is 0 Å². The highest BCUT2D eigenvalue weighted by atomic mass is 35.5. The molecule has 2 aliphatic rings. The first kappa shape index (κ1) is 19.0. The predicted octanol–water partition coefficient (Wildman–Crippen LogP) is 3.27. The zero-order chi connectivity index (χ0) is 15.2. The van der Waals surface area contributed by atoms with Crippen molar-refractivity contribution in [1.82, 2.24) is 20.1 Å². The van der Waals surface area contributed by atoms with E-state index in [0.29, 0.717) is 6.10 Å². The smallest absolute Gasteiger partial charge is 0.191 e. The summed E-state index contributed by atoms with van der Waals surface area (Å²) in [5.41, 5.74) is 0. The van der Waals surface area contributed by atoms with Gasteiger partial charge in [-0.3, -0.25) is 0 Å². The molecule has 1 N–H and O–H groups in total. The van der Waals surface area contributed by atoms with Crippen LogP contribution in [-0.2, 0) is 17.8 Å². The third kappa shape index (κ3) is 5.34. The first-order chi connectivity index (χ1) is 10.9. The molecule has 1 aliphatic heterocycles. The topological polar surface area (TPSA) is 52.0 Å². The Morgan fingerprint density at radius 2 is 2.00 bits per heavy atom. The van der Waals surface area contributed by atoms with E-state index in [-0.39, 0.29) is 12.4 Å². The Kier molecular flexibility index (Phi) is 8.16. The zero-order valence-electron chi connectivity index (χ0n) is 14.0. The minimum absolute atomic E-state index is 0. The number of halogens is 1. The summed E-state index contributed by atoms with van der Waals surface area (Å²) in [6.45, 7) is 2.57. The Labute approximate surface area is 149 Å². The fraction of sp³-hybridized carbons (Fsp3) is 0.875. The van der Waals surface area contributed by atoms with Crippen molar-refractivity contribution < 1.29 is 4.74 Å². The summed E-state index contributed by atoms with van der Waals surface area (Å²) >= 11 is 1.89. The Bertz CT molecular complexity index is 459. The number of aromatic nitrogens is 3. The van der Waals surface area contributed by atoms with Crippen molar-refractivity contribution in [3.8, 4) is 0 Å². The summed E-state index contributed by atoms with van der Waals surface area (Å²) < 4.78 is 8.08. The van der Waals surface area contributed by atoms with Crippen LogP contribution in [0.4, 0.5) is 0 Å². The van der Waals surface area contributed by atoms with Gasteiger partial charge in [0.25, 0.3) is 0 Å². The lowest BCUT2D eigenvalue weighted by Crippen LogP contribution is -2.20. The lowest BCUT2D eigenvalue weighted by atomic mass is 9.91. The molecule has 1 saturated heterocycles. The van der Waals surface area contributed by atoms with E-state index in [1.54, 1.807) is 0 Å². The normalized spacial score (nSPS) is 22.2. The minimum atomic E-state index is 0. The second-order valence-corrected chi connectivity index (χ2v) is 7.48. The van der Waals surface area contributed by atoms with Gasteiger partial charge in [0.05, 0.1) is 19.2 Å². The summed E-state index contributed by atoms with van der Waals surface area (Å²) in [6, 6.07) is 0. The van der Waals surface area contributed by atoms with Crippen molar-refractivity contribution in [3.05, 3.63) is 5.82 Å². The molecule has 5 nitrogen and oxygen atoms in total. The highest BCUT2D eigenvalue weighted by molar-refractivity contribution is 7.99. The van der Waals surface area contributed by atoms with Gasteiger partial charge in [-0.25, -0.2) is 0 Å². The van der Waals surface area contributed by atoms with Gasteiger partial charge in [-0.05, 0) is 38.6 Å². The maximum Gasteiger partial charge on any atom is 0.191 e. The number of nitrogens with one attached hydrogen (secondary N) is 1. The third-order valence-corrected chi connectivity index (χ3v) is 5.91. The summed E-state index contributed by atoms with van der Waals surface area (Å²) in [5, 5.41) is 13.1. The second kappa shape index (κ2) is 9.87. The van der Waals surface area contributed by atoms with E-state index in [4.69, 9.17) is 4.74 Å². The van der Waals surface area contributed by atoms with E-state index in [0.717, 1.165) is 43.0 Å². The average molecular weight is 361 g/mol. The molecule has 0 amide bonds. The Hall–Kier alpha value is -0.300. The molecule has 1 saturated carbocycles. The van der Waals surface area contributed by atoms with Crippen LogP contribution in [0.5, 0.6) is 0 Å². The van der Waals surface area contributed by atoms with Gasteiger partial charge in [0.15, 0.2) is 5.16 Å². The molecule has 0 radical (unpaired) electrons. The Balaban J connectivity index is 0.00000192. The van der Waals surface area contributed by atoms with Crippen molar-refractivity contribution >= 4 is 24.2 Å². The highest BCUT2D eigenvalue weighted by Gasteiger charge is 2.22. The van der Waals surface area contributed by atoms with Crippen LogP contribution in [0.2, 0.25) is 0 Å². The molecule has 0 spiro atoms. The first-order valence-corrected chi connectivity index (χ1v) is 9.66. The molecule has 1 unspecified atom stereocenters. The standard InChI is InChI=1S/C16H28N4OS.ClH/c1-17-10-15-18-19-16(20(15)11-14-8-5-9-21-14)22-12-13-6-3-2-4-7-13;/h13-14,17H,2-12H2,1H3;1H. The molecule has 2 heterocycles. The largest absolute Gasteiger partial charge is 0.376 e. The number of thioether (sulfide) groups is 1. The van der Waals surface area contributed by atoms with Crippen LogP contribution in [0.25, 0.3) is 0 Å². The van der Waals surface area contributed by atoms with Crippen molar-refractivity contribution in [2.24, 2.45) is 5.92 Å². The summed E-state index contributed by atoms with van der Waals surface area (Å²) in [5.74, 6) is 3.08. The molecular formula is C16H29ClN4OS. The summed E-state index contributed by atoms with van der Waals surface area (Å²) in [4.78, 5) is 0. The molecule has 1 aromatic rings. The highest BCUT2D eigenvalue weighted by Crippen LogP contribution is 2.30. The molecule has 1 atom stereocenters. The van der Waals surface area contributed by atoms with E-state index >= 15 is 0 Å². The van der Waals surface area contributed by atoms with Gasteiger partial charge in [-0.15, -0.1) is 22.6 Å². The minimum Gasteiger partial charge on any atom is -0.376 e. The van der Waals surface area contributed by atoms with Crippen molar-refractivity contribution in [2.75, 3.05) is 19.4 Å². The monoisotopic (exact) mass is 360 g/mol. The molecule has 23 heavy (non-hydrogen) atoms. The van der Waals surface area contributed by atoms with Crippen LogP contribution in [0, 0.1) is 5.92 Å². The lowest BCUT2D eigenvalue weighted by molar-refractivity contribution is 0.0941. The maximum atomic E-state index is 5.80. The van der Waals surface area contributed by atoms with Gasteiger partial charge in [0.1, 0.15) is 5.82 Å². The van der Waals surface area contributed by atoms with Crippen molar-refractivity contribution in [2.45, 2.75) is 69.3 Å². The SMILES string of the molecule is CNCc1nnc(SCC2CCCCC2)n1CC1CCCO1.Cl. The number of hydrogen-bond acceptors (Lipinski definition) is 5. The van der Waals surface area contributed by atoms with Crippen LogP contribution in [0.3, 0.4) is 0 Å². The molecule has 2 fully saturated rings. The molecule has 0 aromatic carbocycles. The number of nitrogens with zero attached hydrogens (tertiary/aromatic N) is 3. The predicted molar refractivity (Wildman–Crippen MR) is 96.3 cm³/mol. The van der Waals surface area contributed by atoms with Crippen LogP contribution in [0.15, 0.2) is 5.16 Å². The third-order valence-electron chi connectivity index (χ3n) is 4.71. The zero-order valence-corrected chi connectivity index (χ0v) is 15.6. The van der Waals surface area contributed by atoms with Gasteiger partial charge in [0.2, 0.25) is 0 Å².